The van der Waals surface area contributed by atoms with Crippen molar-refractivity contribution in [2.24, 2.45) is 0 Å². The summed E-state index contributed by atoms with van der Waals surface area (Å²) in [5, 5.41) is 10.00. The normalized spacial score (nSPS) is 11.5. The lowest BCUT2D eigenvalue weighted by Crippen LogP contribution is -2.41. The number of halogens is 1. The van der Waals surface area contributed by atoms with E-state index in [0.717, 1.165) is 0 Å². The molecule has 0 spiro atoms. The fraction of sp³-hybridized carbons (Fsp3) is 0.833. The van der Waals surface area contributed by atoms with Gasteiger partial charge in [0.1, 0.15) is 0 Å². The van der Waals surface area contributed by atoms with Crippen LogP contribution in [0, 0.1) is 0 Å². The second-order valence-electron chi connectivity index (χ2n) is 2.90. The highest BCUT2D eigenvalue weighted by molar-refractivity contribution is 6.16. The van der Waals surface area contributed by atoms with Crippen LogP contribution in [0.5, 0.6) is 0 Å². The number of carbonyl (C=O) groups is 1. The minimum absolute atomic E-state index is 0.0692. The van der Waals surface area contributed by atoms with Crippen LogP contribution in [0.3, 0.4) is 0 Å². The number of alkyl halides is 1. The van der Waals surface area contributed by atoms with Crippen molar-refractivity contribution in [3.8, 4) is 0 Å². The third-order valence-electron chi connectivity index (χ3n) is 1.24. The number of hydrogen-bond donors (Lipinski definition) is 0. The van der Waals surface area contributed by atoms with Gasteiger partial charge in [-0.05, 0) is 0 Å². The lowest BCUT2D eigenvalue weighted by atomic mass is 10.4. The summed E-state index contributed by atoms with van der Waals surface area (Å²) in [5.41, 5.74) is 0. The van der Waals surface area contributed by atoms with Crippen LogP contribution in [0.15, 0.2) is 0 Å². The third kappa shape index (κ3) is 4.58. The molecule has 0 N–H and O–H groups in total. The molecule has 60 valence electrons. The summed E-state index contributed by atoms with van der Waals surface area (Å²) in [6, 6.07) is 0.424. The number of carbonyl (C=O) groups excluding carboxylic acids is 1. The smallest absolute Gasteiger partial charge is 0.154 e. The van der Waals surface area contributed by atoms with E-state index >= 15 is 0 Å². The molecular formula is C6H12ClNO2. The fourth-order valence-corrected chi connectivity index (χ4v) is 0.573. The van der Waals surface area contributed by atoms with Crippen molar-refractivity contribution in [1.29, 1.82) is 0 Å². The zero-order valence-corrected chi connectivity index (χ0v) is 7.02. The maximum absolute atomic E-state index is 10.00. The Morgan fingerprint density at radius 1 is 1.60 bits per heavy atom. The van der Waals surface area contributed by atoms with Gasteiger partial charge in [0.2, 0.25) is 0 Å². The fourth-order valence-electron chi connectivity index (χ4n) is 0.454. The van der Waals surface area contributed by atoms with Gasteiger partial charge in [-0.2, -0.15) is 0 Å². The van der Waals surface area contributed by atoms with E-state index in [1.165, 1.54) is 0 Å². The molecule has 3 nitrogen and oxygen atoms in total. The highest BCUT2D eigenvalue weighted by Crippen LogP contribution is 1.99. The van der Waals surface area contributed by atoms with E-state index in [-0.39, 0.29) is 6.42 Å². The molecule has 0 aliphatic carbocycles. The van der Waals surface area contributed by atoms with Gasteiger partial charge in [0.25, 0.3) is 0 Å². The molecule has 0 aliphatic rings. The summed E-state index contributed by atoms with van der Waals surface area (Å²) in [6.07, 6.45) is 0.0692. The first-order valence-electron chi connectivity index (χ1n) is 3.06. The van der Waals surface area contributed by atoms with Crippen LogP contribution in [0.1, 0.15) is 6.42 Å². The largest absolute Gasteiger partial charge is 0.550 e. The average molecular weight is 166 g/mol. The van der Waals surface area contributed by atoms with E-state index in [9.17, 15) is 9.90 Å². The van der Waals surface area contributed by atoms with Crippen molar-refractivity contribution in [2.75, 3.05) is 26.6 Å². The summed E-state index contributed by atoms with van der Waals surface area (Å²) in [5.74, 6) is -1.02. The van der Waals surface area contributed by atoms with Crippen LogP contribution < -0.4 is 5.11 Å². The Kier molecular flexibility index (Phi) is 3.68. The highest BCUT2D eigenvalue weighted by Gasteiger charge is 2.11. The predicted molar refractivity (Wildman–Crippen MR) is 37.3 cm³/mol. The van der Waals surface area contributed by atoms with Crippen molar-refractivity contribution < 1.29 is 14.4 Å². The van der Waals surface area contributed by atoms with E-state index in [1.54, 1.807) is 0 Å². The first kappa shape index (κ1) is 9.72. The van der Waals surface area contributed by atoms with Crippen LogP contribution in [0.4, 0.5) is 0 Å². The molecule has 0 amide bonds. The number of carboxylic acid groups (broad SMARTS) is 1. The van der Waals surface area contributed by atoms with Gasteiger partial charge in [0.05, 0.1) is 20.6 Å². The van der Waals surface area contributed by atoms with Gasteiger partial charge < -0.3 is 14.4 Å². The van der Waals surface area contributed by atoms with Crippen molar-refractivity contribution in [1.82, 2.24) is 0 Å². The molecule has 0 aromatic carbocycles. The second kappa shape index (κ2) is 3.78. The Morgan fingerprint density at radius 3 is 2.40 bits per heavy atom. The van der Waals surface area contributed by atoms with Crippen LogP contribution in [-0.2, 0) is 4.79 Å². The van der Waals surface area contributed by atoms with Gasteiger partial charge in [-0.15, -0.1) is 0 Å². The van der Waals surface area contributed by atoms with E-state index in [2.05, 4.69) is 0 Å². The molecule has 0 rings (SSSR count). The van der Waals surface area contributed by atoms with Crippen molar-refractivity contribution in [3.05, 3.63) is 0 Å². The number of nitrogens with zero attached hydrogens (tertiary/aromatic N) is 1. The summed E-state index contributed by atoms with van der Waals surface area (Å²) in [7, 11) is 3.74. The van der Waals surface area contributed by atoms with Crippen molar-refractivity contribution >= 4 is 17.6 Å². The molecule has 0 bridgehead atoms. The topological polar surface area (TPSA) is 40.1 Å². The van der Waals surface area contributed by atoms with Gasteiger partial charge in [-0.3, -0.25) is 0 Å². The van der Waals surface area contributed by atoms with E-state index in [0.29, 0.717) is 17.0 Å². The molecule has 0 fully saturated rings. The lowest BCUT2D eigenvalue weighted by molar-refractivity contribution is -0.878. The van der Waals surface area contributed by atoms with Crippen LogP contribution in [0.25, 0.3) is 0 Å². The van der Waals surface area contributed by atoms with Crippen molar-refractivity contribution in [3.63, 3.8) is 0 Å². The highest BCUT2D eigenvalue weighted by atomic mass is 35.5. The standard InChI is InChI=1S/C6H12ClNO2/c1-8(2,5-7)4-3-6(9)10/h3-5H2,1-2H3. The monoisotopic (exact) mass is 165 g/mol. The second-order valence-corrected chi connectivity index (χ2v) is 3.14. The van der Waals surface area contributed by atoms with Crippen LogP contribution in [0.2, 0.25) is 0 Å². The van der Waals surface area contributed by atoms with E-state index in [4.69, 9.17) is 11.6 Å². The molecule has 0 radical (unpaired) electrons. The van der Waals surface area contributed by atoms with Gasteiger partial charge in [-0.1, -0.05) is 11.6 Å². The molecule has 4 heteroatoms. The van der Waals surface area contributed by atoms with Crippen molar-refractivity contribution in [2.45, 2.75) is 6.42 Å². The maximum Gasteiger partial charge on any atom is 0.154 e. The molecule has 0 aromatic rings. The number of quaternary nitrogens is 1. The Morgan fingerprint density at radius 2 is 2.10 bits per heavy atom. The molecule has 0 atom stereocenters. The minimum atomic E-state index is -1.02. The Balaban J connectivity index is 3.56. The molecule has 0 saturated carbocycles. The number of hydrogen-bond acceptors (Lipinski definition) is 2. The molecule has 10 heavy (non-hydrogen) atoms. The van der Waals surface area contributed by atoms with Gasteiger partial charge >= 0.3 is 0 Å². The lowest BCUT2D eigenvalue weighted by Gasteiger charge is -2.26. The SMILES string of the molecule is C[N+](C)(CCl)CCC(=O)[O-]. The molecule has 0 aliphatic heterocycles. The summed E-state index contributed by atoms with van der Waals surface area (Å²) < 4.78 is 0.509. The zero-order valence-electron chi connectivity index (χ0n) is 6.26. The number of rotatable bonds is 4. The number of carboxylic acids is 1. The van der Waals surface area contributed by atoms with E-state index in [1.807, 2.05) is 14.1 Å². The molecular weight excluding hydrogens is 154 g/mol. The summed E-state index contributed by atoms with van der Waals surface area (Å²) in [4.78, 5) is 10.00. The zero-order chi connectivity index (χ0) is 8.20. The Hall–Kier alpha value is -0.280. The average Bonchev–Trinajstić information content (AvgIpc) is 1.85. The molecule has 0 aromatic heterocycles. The van der Waals surface area contributed by atoms with Gasteiger partial charge in [0, 0.05) is 12.4 Å². The van der Waals surface area contributed by atoms with Crippen LogP contribution >= 0.6 is 11.6 Å². The molecule has 0 unspecified atom stereocenters. The van der Waals surface area contributed by atoms with Gasteiger partial charge in [0.15, 0.2) is 6.00 Å². The quantitative estimate of drug-likeness (QED) is 0.317. The Bertz CT molecular complexity index is 125. The number of aliphatic carboxylic acids is 1. The Labute approximate surface area is 65.8 Å². The molecule has 0 saturated heterocycles. The first-order chi connectivity index (χ1) is 4.48. The maximum atomic E-state index is 10.00. The predicted octanol–water partition coefficient (Wildman–Crippen LogP) is -0.601. The summed E-state index contributed by atoms with van der Waals surface area (Å²) in [6.45, 7) is 0.520. The third-order valence-corrected chi connectivity index (χ3v) is 1.89. The minimum Gasteiger partial charge on any atom is -0.550 e. The van der Waals surface area contributed by atoms with E-state index < -0.39 is 5.97 Å². The van der Waals surface area contributed by atoms with Gasteiger partial charge in [-0.25, -0.2) is 0 Å². The molecule has 0 heterocycles. The van der Waals surface area contributed by atoms with Crippen LogP contribution in [-0.4, -0.2) is 37.1 Å². The first-order valence-corrected chi connectivity index (χ1v) is 3.59. The summed E-state index contributed by atoms with van der Waals surface area (Å²) >= 11 is 5.54.